The molecule has 1 atom stereocenters. The second-order valence-corrected chi connectivity index (χ2v) is 7.18. The molecule has 0 radical (unpaired) electrons. The van der Waals surface area contributed by atoms with Gasteiger partial charge in [-0.3, -0.25) is 4.79 Å². The van der Waals surface area contributed by atoms with Crippen molar-refractivity contribution in [3.05, 3.63) is 82.7 Å². The molecule has 3 aromatic rings. The number of nitrogens with zero attached hydrogens (tertiary/aromatic N) is 1. The molecular formula is C23H26N2O3. The van der Waals surface area contributed by atoms with Crippen LogP contribution in [0.2, 0.25) is 0 Å². The monoisotopic (exact) mass is 378 g/mol. The minimum absolute atomic E-state index is 0.145. The van der Waals surface area contributed by atoms with Crippen LogP contribution in [0.1, 0.15) is 65.7 Å². The van der Waals surface area contributed by atoms with E-state index < -0.39 is 0 Å². The lowest BCUT2D eigenvalue weighted by Gasteiger charge is -2.15. The maximum atomic E-state index is 12.8. The van der Waals surface area contributed by atoms with Crippen LogP contribution in [-0.4, -0.2) is 11.1 Å². The Hall–Kier alpha value is -3.08. The third-order valence-electron chi connectivity index (χ3n) is 4.78. The lowest BCUT2D eigenvalue weighted by molar-refractivity contribution is 0.0928. The van der Waals surface area contributed by atoms with Crippen molar-refractivity contribution in [2.24, 2.45) is 0 Å². The third kappa shape index (κ3) is 4.60. The van der Waals surface area contributed by atoms with Crippen LogP contribution >= 0.6 is 0 Å². The van der Waals surface area contributed by atoms with Gasteiger partial charge in [-0.15, -0.1) is 0 Å². The number of nitrogens with one attached hydrogen (secondary N) is 1. The van der Waals surface area contributed by atoms with Gasteiger partial charge < -0.3 is 14.6 Å². The topological polar surface area (TPSA) is 64.4 Å². The molecule has 3 rings (SSSR count). The molecule has 0 aliphatic carbocycles. The molecule has 0 bridgehead atoms. The second kappa shape index (κ2) is 8.74. The molecule has 1 N–H and O–H groups in total. The minimum Gasteiger partial charge on any atom is -0.489 e. The highest BCUT2D eigenvalue weighted by Crippen LogP contribution is 2.21. The summed E-state index contributed by atoms with van der Waals surface area (Å²) in [5.74, 6) is 1.51. The number of aromatic nitrogens is 1. The number of carbonyl (C=O) groups is 1. The van der Waals surface area contributed by atoms with Gasteiger partial charge >= 0.3 is 0 Å². The molecule has 5 nitrogen and oxygen atoms in total. The first-order valence-corrected chi connectivity index (χ1v) is 9.49. The molecule has 1 aromatic heterocycles. The van der Waals surface area contributed by atoms with Gasteiger partial charge in [0.05, 0.1) is 11.6 Å². The Kier molecular flexibility index (Phi) is 6.14. The molecule has 1 amide bonds. The molecule has 0 aliphatic heterocycles. The first-order valence-electron chi connectivity index (χ1n) is 9.49. The van der Waals surface area contributed by atoms with Crippen LogP contribution in [0.25, 0.3) is 0 Å². The molecule has 0 saturated carbocycles. The Morgan fingerprint density at radius 1 is 1.04 bits per heavy atom. The maximum absolute atomic E-state index is 12.8. The fraction of sp³-hybridized carbons (Fsp3) is 0.304. The lowest BCUT2D eigenvalue weighted by atomic mass is 9.99. The lowest BCUT2D eigenvalue weighted by Crippen LogP contribution is -2.28. The number of para-hydroxylation sites is 1. The van der Waals surface area contributed by atoms with Crippen molar-refractivity contribution in [3.63, 3.8) is 0 Å². The van der Waals surface area contributed by atoms with Crippen LogP contribution in [0.15, 0.2) is 59.1 Å². The van der Waals surface area contributed by atoms with Gasteiger partial charge in [-0.2, -0.15) is 0 Å². The zero-order valence-electron chi connectivity index (χ0n) is 16.7. The van der Waals surface area contributed by atoms with Gasteiger partial charge in [-0.25, -0.2) is 0 Å². The van der Waals surface area contributed by atoms with Gasteiger partial charge in [0.1, 0.15) is 18.1 Å². The van der Waals surface area contributed by atoms with Crippen LogP contribution in [0.4, 0.5) is 0 Å². The Labute approximate surface area is 165 Å². The quantitative estimate of drug-likeness (QED) is 0.615. The van der Waals surface area contributed by atoms with Crippen LogP contribution < -0.4 is 10.1 Å². The molecule has 0 aliphatic rings. The molecular weight excluding hydrogens is 352 g/mol. The van der Waals surface area contributed by atoms with Crippen LogP contribution in [-0.2, 0) is 6.61 Å². The summed E-state index contributed by atoms with van der Waals surface area (Å²) in [5, 5.41) is 6.94. The maximum Gasteiger partial charge on any atom is 0.274 e. The van der Waals surface area contributed by atoms with E-state index in [0.717, 1.165) is 11.3 Å². The summed E-state index contributed by atoms with van der Waals surface area (Å²) in [4.78, 5) is 12.8. The van der Waals surface area contributed by atoms with E-state index >= 15 is 0 Å². The molecule has 28 heavy (non-hydrogen) atoms. The number of aryl methyl sites for hydroxylation is 1. The predicted molar refractivity (Wildman–Crippen MR) is 108 cm³/mol. The fourth-order valence-electron chi connectivity index (χ4n) is 2.93. The van der Waals surface area contributed by atoms with E-state index in [1.165, 1.54) is 5.56 Å². The first-order chi connectivity index (χ1) is 13.5. The third-order valence-corrected chi connectivity index (χ3v) is 4.78. The highest BCUT2D eigenvalue weighted by molar-refractivity contribution is 5.94. The van der Waals surface area contributed by atoms with Gasteiger partial charge in [-0.05, 0) is 43.0 Å². The van der Waals surface area contributed by atoms with E-state index in [0.29, 0.717) is 17.2 Å². The molecule has 5 heteroatoms. The van der Waals surface area contributed by atoms with Crippen LogP contribution in [0.5, 0.6) is 5.75 Å². The normalized spacial score (nSPS) is 12.0. The van der Waals surface area contributed by atoms with Gasteiger partial charge in [0.15, 0.2) is 5.69 Å². The Balaban J connectivity index is 1.68. The summed E-state index contributed by atoms with van der Waals surface area (Å²) in [6.45, 7) is 8.27. The van der Waals surface area contributed by atoms with E-state index in [2.05, 4.69) is 36.5 Å². The van der Waals surface area contributed by atoms with E-state index in [-0.39, 0.29) is 24.2 Å². The van der Waals surface area contributed by atoms with E-state index in [4.69, 9.17) is 9.26 Å². The van der Waals surface area contributed by atoms with E-state index in [9.17, 15) is 4.79 Å². The van der Waals surface area contributed by atoms with Crippen molar-refractivity contribution in [2.75, 3.05) is 0 Å². The first kappa shape index (κ1) is 19.7. The molecule has 0 spiro atoms. The SMILES string of the molecule is Cc1onc(C(=O)NC(C)c2ccc(C(C)C)cc2)c1COc1ccccc1. The number of carbonyl (C=O) groups excluding carboxylic acids is 1. The highest BCUT2D eigenvalue weighted by Gasteiger charge is 2.22. The minimum atomic E-state index is -0.274. The van der Waals surface area contributed by atoms with Gasteiger partial charge in [0.25, 0.3) is 5.91 Å². The molecule has 2 aromatic carbocycles. The molecule has 1 heterocycles. The number of rotatable bonds is 7. The van der Waals surface area contributed by atoms with Crippen LogP contribution in [0.3, 0.4) is 0 Å². The van der Waals surface area contributed by atoms with Gasteiger partial charge in [0, 0.05) is 0 Å². The highest BCUT2D eigenvalue weighted by atomic mass is 16.5. The standard InChI is InChI=1S/C23H26N2O3/c1-15(2)18-10-12-19(13-11-18)16(3)24-23(26)22-21(17(4)28-25-22)14-27-20-8-6-5-7-9-20/h5-13,15-16H,14H2,1-4H3,(H,24,26). The zero-order chi connectivity index (χ0) is 20.1. The summed E-state index contributed by atoms with van der Waals surface area (Å²) in [5.41, 5.74) is 3.23. The molecule has 0 saturated heterocycles. The molecule has 146 valence electrons. The largest absolute Gasteiger partial charge is 0.489 e. The number of hydrogen-bond acceptors (Lipinski definition) is 4. The van der Waals surface area contributed by atoms with Crippen LogP contribution in [0, 0.1) is 6.92 Å². The van der Waals surface area contributed by atoms with E-state index in [1.54, 1.807) is 6.92 Å². The number of benzene rings is 2. The Bertz CT molecular complexity index is 915. The van der Waals surface area contributed by atoms with E-state index in [1.807, 2.05) is 49.4 Å². The summed E-state index contributed by atoms with van der Waals surface area (Å²) in [6.07, 6.45) is 0. The van der Waals surface area contributed by atoms with Crippen molar-refractivity contribution in [1.29, 1.82) is 0 Å². The van der Waals surface area contributed by atoms with Crippen molar-refractivity contribution >= 4 is 5.91 Å². The summed E-state index contributed by atoms with van der Waals surface area (Å²) >= 11 is 0. The number of hydrogen-bond donors (Lipinski definition) is 1. The summed E-state index contributed by atoms with van der Waals surface area (Å²) in [7, 11) is 0. The van der Waals surface area contributed by atoms with Crippen molar-refractivity contribution in [2.45, 2.75) is 46.3 Å². The Morgan fingerprint density at radius 3 is 2.32 bits per heavy atom. The average Bonchev–Trinajstić information content (AvgIpc) is 3.07. The van der Waals surface area contributed by atoms with Crippen molar-refractivity contribution < 1.29 is 14.1 Å². The summed E-state index contributed by atoms with van der Waals surface area (Å²) < 4.78 is 11.0. The van der Waals surface area contributed by atoms with Gasteiger partial charge in [0.2, 0.25) is 0 Å². The molecule has 0 fully saturated rings. The second-order valence-electron chi connectivity index (χ2n) is 7.18. The van der Waals surface area contributed by atoms with Crippen molar-refractivity contribution in [1.82, 2.24) is 10.5 Å². The zero-order valence-corrected chi connectivity index (χ0v) is 16.7. The van der Waals surface area contributed by atoms with Gasteiger partial charge in [-0.1, -0.05) is 61.5 Å². The van der Waals surface area contributed by atoms with Crippen molar-refractivity contribution in [3.8, 4) is 5.75 Å². The average molecular weight is 378 g/mol. The summed E-state index contributed by atoms with van der Waals surface area (Å²) in [6, 6.07) is 17.6. The predicted octanol–water partition coefficient (Wildman–Crippen LogP) is 5.18. The molecule has 1 unspecified atom stereocenters. The Morgan fingerprint density at radius 2 is 1.68 bits per heavy atom. The number of ether oxygens (including phenoxy) is 1. The number of amides is 1. The fourth-order valence-corrected chi connectivity index (χ4v) is 2.93. The smallest absolute Gasteiger partial charge is 0.274 e.